The predicted octanol–water partition coefficient (Wildman–Crippen LogP) is 11.0. The Kier molecular flexibility index (Phi) is 11.7. The van der Waals surface area contributed by atoms with Gasteiger partial charge < -0.3 is 10.5 Å². The smallest absolute Gasteiger partial charge is 0.0575 e. The molecule has 2 heteroatoms. The summed E-state index contributed by atoms with van der Waals surface area (Å²) in [6, 6.07) is 0.505. The van der Waals surface area contributed by atoms with Gasteiger partial charge in [-0.05, 0) is 174 Å². The van der Waals surface area contributed by atoms with Gasteiger partial charge in [-0.2, -0.15) is 0 Å². The van der Waals surface area contributed by atoms with E-state index in [4.69, 9.17) is 10.5 Å². The minimum Gasteiger partial charge on any atom is -0.378 e. The maximum Gasteiger partial charge on any atom is 0.0575 e. The van der Waals surface area contributed by atoms with Gasteiger partial charge in [-0.25, -0.2) is 0 Å². The van der Waals surface area contributed by atoms with Gasteiger partial charge in [0.25, 0.3) is 0 Å². The molecular weight excluding hydrogens is 510 g/mol. The molecule has 42 heavy (non-hydrogen) atoms. The molecule has 242 valence electrons. The molecule has 0 aromatic heterocycles. The van der Waals surface area contributed by atoms with E-state index in [1.807, 2.05) is 0 Å². The molecule has 6 aliphatic carbocycles. The maximum absolute atomic E-state index is 6.63. The molecule has 0 saturated heterocycles. The topological polar surface area (TPSA) is 35.2 Å². The van der Waals surface area contributed by atoms with Crippen molar-refractivity contribution in [1.29, 1.82) is 0 Å². The van der Waals surface area contributed by atoms with Crippen LogP contribution in [-0.4, -0.2) is 18.8 Å². The fourth-order valence-electron chi connectivity index (χ4n) is 12.7. The van der Waals surface area contributed by atoms with Gasteiger partial charge in [0.2, 0.25) is 0 Å². The Morgan fingerprint density at radius 2 is 0.976 bits per heavy atom. The van der Waals surface area contributed by atoms with Crippen LogP contribution in [0.4, 0.5) is 0 Å². The summed E-state index contributed by atoms with van der Waals surface area (Å²) in [5.41, 5.74) is 6.28. The highest BCUT2D eigenvalue weighted by Crippen LogP contribution is 2.62. The largest absolute Gasteiger partial charge is 0.378 e. The fourth-order valence-corrected chi connectivity index (χ4v) is 12.7. The van der Waals surface area contributed by atoms with Gasteiger partial charge in [-0.3, -0.25) is 0 Å². The molecule has 0 amide bonds. The molecule has 6 fully saturated rings. The van der Waals surface area contributed by atoms with Crippen molar-refractivity contribution in [2.24, 2.45) is 70.8 Å². The van der Waals surface area contributed by atoms with Crippen LogP contribution < -0.4 is 5.73 Å². The number of nitrogens with two attached hydrogens (primary N) is 1. The van der Waals surface area contributed by atoms with Gasteiger partial charge in [0, 0.05) is 12.6 Å². The highest BCUT2D eigenvalue weighted by Gasteiger charge is 2.55. The Labute approximate surface area is 261 Å². The van der Waals surface area contributed by atoms with Crippen molar-refractivity contribution in [1.82, 2.24) is 0 Å². The molecule has 0 heterocycles. The van der Waals surface area contributed by atoms with Crippen molar-refractivity contribution in [3.8, 4) is 0 Å². The van der Waals surface area contributed by atoms with Gasteiger partial charge in [0.15, 0.2) is 0 Å². The number of ether oxygens (including phenoxy) is 1. The summed E-state index contributed by atoms with van der Waals surface area (Å²) in [4.78, 5) is 0. The van der Waals surface area contributed by atoms with E-state index in [2.05, 4.69) is 13.8 Å². The minimum atomic E-state index is 0.505. The molecule has 6 rings (SSSR count). The molecular formula is C40H71NO. The molecule has 0 aromatic rings. The summed E-state index contributed by atoms with van der Waals surface area (Å²) in [5.74, 6) is 11.4. The molecule has 6 aliphatic rings. The van der Waals surface area contributed by atoms with E-state index in [0.29, 0.717) is 12.1 Å². The third-order valence-corrected chi connectivity index (χ3v) is 14.9. The summed E-state index contributed by atoms with van der Waals surface area (Å²) in [6.07, 6.45) is 35.8. The summed E-state index contributed by atoms with van der Waals surface area (Å²) in [6.45, 7) is 5.73. The number of rotatable bonds is 10. The number of hydrogen-bond acceptors (Lipinski definition) is 2. The van der Waals surface area contributed by atoms with Crippen LogP contribution in [0, 0.1) is 65.1 Å². The van der Waals surface area contributed by atoms with Crippen molar-refractivity contribution in [3.05, 3.63) is 0 Å². The number of unbranched alkanes of at least 4 members (excludes halogenated alkanes) is 1. The highest BCUT2D eigenvalue weighted by molar-refractivity contribution is 5.04. The van der Waals surface area contributed by atoms with Gasteiger partial charge in [0.05, 0.1) is 6.10 Å². The van der Waals surface area contributed by atoms with Crippen molar-refractivity contribution >= 4 is 0 Å². The second-order valence-electron chi connectivity index (χ2n) is 17.0. The van der Waals surface area contributed by atoms with Crippen LogP contribution in [0.25, 0.3) is 0 Å². The van der Waals surface area contributed by atoms with Crippen molar-refractivity contribution in [2.75, 3.05) is 6.61 Å². The van der Waals surface area contributed by atoms with Gasteiger partial charge in [-0.15, -0.1) is 0 Å². The van der Waals surface area contributed by atoms with Gasteiger partial charge >= 0.3 is 0 Å². The summed E-state index contributed by atoms with van der Waals surface area (Å²) >= 11 is 0. The fraction of sp³-hybridized carbons (Fsp3) is 1.00. The van der Waals surface area contributed by atoms with E-state index in [9.17, 15) is 0 Å². The van der Waals surface area contributed by atoms with Crippen molar-refractivity contribution in [3.63, 3.8) is 0 Å². The van der Waals surface area contributed by atoms with Crippen LogP contribution in [0.1, 0.15) is 168 Å². The molecule has 2 N–H and O–H groups in total. The van der Waals surface area contributed by atoms with E-state index in [0.717, 1.165) is 71.7 Å². The van der Waals surface area contributed by atoms with Crippen molar-refractivity contribution in [2.45, 2.75) is 180 Å². The molecule has 0 aromatic carbocycles. The first-order valence-corrected chi connectivity index (χ1v) is 20.0. The average Bonchev–Trinajstić information content (AvgIpc) is 3.04. The SMILES string of the molecule is CCCCC(CC)COC1CCC(C2C3CCCCC3C(C3CCC(C4CCC(N)CC4)CC3)C3CCCCC32)CC1. The predicted molar refractivity (Wildman–Crippen MR) is 178 cm³/mol. The average molecular weight is 582 g/mol. The third-order valence-electron chi connectivity index (χ3n) is 14.9. The zero-order chi connectivity index (χ0) is 28.9. The standard InChI is InChI=1S/C40H71NO/c1-3-5-10-28(4-2)27-42-34-25-21-32(22-26-34)40-37-13-8-6-11-35(37)39(36-12-7-9-14-38(36)40)31-17-15-29(16-18-31)30-19-23-33(41)24-20-30/h28-40H,3-27,41H2,1-2H3. The third kappa shape index (κ3) is 7.32. The first-order chi connectivity index (χ1) is 20.7. The monoisotopic (exact) mass is 582 g/mol. The number of fused-ring (bicyclic) bond motifs is 2. The Bertz CT molecular complexity index is 749. The lowest BCUT2D eigenvalue weighted by Crippen LogP contribution is -2.53. The van der Waals surface area contributed by atoms with Crippen LogP contribution >= 0.6 is 0 Å². The molecule has 5 atom stereocenters. The second-order valence-corrected chi connectivity index (χ2v) is 17.0. The molecule has 0 bridgehead atoms. The van der Waals surface area contributed by atoms with Crippen LogP contribution in [0.5, 0.6) is 0 Å². The van der Waals surface area contributed by atoms with Gasteiger partial charge in [0.1, 0.15) is 0 Å². The Morgan fingerprint density at radius 1 is 0.548 bits per heavy atom. The maximum atomic E-state index is 6.63. The summed E-state index contributed by atoms with van der Waals surface area (Å²) < 4.78 is 6.63. The van der Waals surface area contributed by atoms with Crippen LogP contribution in [0.2, 0.25) is 0 Å². The Balaban J connectivity index is 1.08. The van der Waals surface area contributed by atoms with E-state index < -0.39 is 0 Å². The zero-order valence-electron chi connectivity index (χ0n) is 28.2. The quantitative estimate of drug-likeness (QED) is 0.278. The summed E-state index contributed by atoms with van der Waals surface area (Å²) in [7, 11) is 0. The molecule has 0 aliphatic heterocycles. The molecule has 0 spiro atoms. The van der Waals surface area contributed by atoms with E-state index in [-0.39, 0.29) is 0 Å². The minimum absolute atomic E-state index is 0.505. The molecule has 2 nitrogen and oxygen atoms in total. The van der Waals surface area contributed by atoms with Crippen LogP contribution in [0.3, 0.4) is 0 Å². The lowest BCUT2D eigenvalue weighted by Gasteiger charge is -2.60. The summed E-state index contributed by atoms with van der Waals surface area (Å²) in [5, 5.41) is 0. The highest BCUT2D eigenvalue weighted by atomic mass is 16.5. The first-order valence-electron chi connectivity index (χ1n) is 20.0. The Hall–Kier alpha value is -0.0800. The lowest BCUT2D eigenvalue weighted by molar-refractivity contribution is -0.119. The van der Waals surface area contributed by atoms with E-state index in [1.54, 1.807) is 51.4 Å². The normalized spacial score (nSPS) is 45.5. The molecule has 5 unspecified atom stereocenters. The van der Waals surface area contributed by atoms with E-state index >= 15 is 0 Å². The first kappa shape index (κ1) is 31.9. The van der Waals surface area contributed by atoms with Gasteiger partial charge in [-0.1, -0.05) is 58.8 Å². The van der Waals surface area contributed by atoms with E-state index in [1.165, 1.54) is 103 Å². The zero-order valence-corrected chi connectivity index (χ0v) is 28.2. The molecule has 0 radical (unpaired) electrons. The molecule has 6 saturated carbocycles. The lowest BCUT2D eigenvalue weighted by atomic mass is 9.45. The number of hydrogen-bond donors (Lipinski definition) is 1. The van der Waals surface area contributed by atoms with Crippen molar-refractivity contribution < 1.29 is 4.74 Å². The van der Waals surface area contributed by atoms with Crippen LogP contribution in [0.15, 0.2) is 0 Å². The Morgan fingerprint density at radius 3 is 1.43 bits per heavy atom. The second kappa shape index (κ2) is 15.5. The van der Waals surface area contributed by atoms with Crippen LogP contribution in [-0.2, 0) is 4.74 Å².